The van der Waals surface area contributed by atoms with Gasteiger partial charge in [-0.25, -0.2) is 8.42 Å². The van der Waals surface area contributed by atoms with Crippen molar-refractivity contribution in [2.24, 2.45) is 5.92 Å². The van der Waals surface area contributed by atoms with E-state index >= 15 is 0 Å². The molecule has 2 rings (SSSR count). The second-order valence-electron chi connectivity index (χ2n) is 4.97. The normalized spacial score (nSPS) is 14.7. The summed E-state index contributed by atoms with van der Waals surface area (Å²) in [5, 5.41) is 0. The van der Waals surface area contributed by atoms with E-state index in [2.05, 4.69) is 10.9 Å². The van der Waals surface area contributed by atoms with Gasteiger partial charge in [0.15, 0.2) is 9.84 Å². The highest BCUT2D eigenvalue weighted by molar-refractivity contribution is 7.90. The van der Waals surface area contributed by atoms with E-state index in [4.69, 9.17) is 0 Å². The Morgan fingerprint density at radius 2 is 1.85 bits per heavy atom. The lowest BCUT2D eigenvalue weighted by atomic mass is 10.1. The molecule has 108 valence electrons. The van der Waals surface area contributed by atoms with Gasteiger partial charge in [-0.2, -0.15) is 0 Å². The van der Waals surface area contributed by atoms with E-state index in [1.807, 2.05) is 0 Å². The highest BCUT2D eigenvalue weighted by Gasteiger charge is 2.29. The third-order valence-electron chi connectivity index (χ3n) is 3.13. The Morgan fingerprint density at radius 3 is 2.40 bits per heavy atom. The number of nitrogens with one attached hydrogen (secondary N) is 2. The van der Waals surface area contributed by atoms with Crippen LogP contribution in [0.4, 0.5) is 0 Å². The van der Waals surface area contributed by atoms with E-state index < -0.39 is 15.7 Å². The Bertz CT molecular complexity index is 663. The first kappa shape index (κ1) is 14.5. The summed E-state index contributed by atoms with van der Waals surface area (Å²) in [7, 11) is -3.38. The van der Waals surface area contributed by atoms with Crippen LogP contribution in [0.25, 0.3) is 0 Å². The van der Waals surface area contributed by atoms with Crippen molar-refractivity contribution in [1.29, 1.82) is 0 Å². The number of benzene rings is 1. The minimum Gasteiger partial charge on any atom is -0.273 e. The van der Waals surface area contributed by atoms with Gasteiger partial charge in [0.1, 0.15) is 0 Å². The molecule has 1 aliphatic carbocycles. The number of carbonyl (C=O) groups excluding carboxylic acids is 2. The predicted molar refractivity (Wildman–Crippen MR) is 72.6 cm³/mol. The molecule has 0 saturated heterocycles. The molecule has 1 fully saturated rings. The van der Waals surface area contributed by atoms with E-state index in [9.17, 15) is 18.0 Å². The summed E-state index contributed by atoms with van der Waals surface area (Å²) >= 11 is 0. The summed E-state index contributed by atoms with van der Waals surface area (Å²) in [4.78, 5) is 23.5. The van der Waals surface area contributed by atoms with Crippen LogP contribution in [0.2, 0.25) is 0 Å². The Morgan fingerprint density at radius 1 is 1.20 bits per heavy atom. The van der Waals surface area contributed by atoms with E-state index in [1.165, 1.54) is 12.1 Å². The summed E-state index contributed by atoms with van der Waals surface area (Å²) in [5.41, 5.74) is 5.51. The van der Waals surface area contributed by atoms with Gasteiger partial charge < -0.3 is 0 Å². The zero-order chi connectivity index (χ0) is 14.9. The van der Waals surface area contributed by atoms with Crippen LogP contribution < -0.4 is 10.9 Å². The van der Waals surface area contributed by atoms with Crippen molar-refractivity contribution >= 4 is 21.7 Å². The van der Waals surface area contributed by atoms with Gasteiger partial charge in [-0.3, -0.25) is 20.4 Å². The quantitative estimate of drug-likeness (QED) is 0.798. The third-order valence-corrected chi connectivity index (χ3v) is 4.24. The molecule has 0 heterocycles. The highest BCUT2D eigenvalue weighted by Crippen LogP contribution is 2.28. The smallest absolute Gasteiger partial charge is 0.269 e. The molecule has 1 aromatic rings. The average Bonchev–Trinajstić information content (AvgIpc) is 3.18. The zero-order valence-electron chi connectivity index (χ0n) is 11.3. The number of sulfone groups is 1. The Kier molecular flexibility index (Phi) is 3.80. The lowest BCUT2D eigenvalue weighted by molar-refractivity contribution is -0.123. The molecule has 0 spiro atoms. The fourth-order valence-corrected chi connectivity index (χ4v) is 2.36. The molecule has 1 saturated carbocycles. The van der Waals surface area contributed by atoms with Gasteiger partial charge in [-0.15, -0.1) is 0 Å². The monoisotopic (exact) mass is 296 g/mol. The maximum Gasteiger partial charge on any atom is 0.269 e. The molecule has 1 aromatic carbocycles. The minimum atomic E-state index is -3.38. The van der Waals surface area contributed by atoms with Crippen LogP contribution in [0.5, 0.6) is 0 Å². The van der Waals surface area contributed by atoms with E-state index in [-0.39, 0.29) is 22.3 Å². The molecule has 6 nitrogen and oxygen atoms in total. The molecule has 1 aliphatic rings. The Balaban J connectivity index is 2.14. The second-order valence-corrected chi connectivity index (χ2v) is 6.98. The largest absolute Gasteiger partial charge is 0.273 e. The topological polar surface area (TPSA) is 92.3 Å². The van der Waals surface area contributed by atoms with Crippen LogP contribution >= 0.6 is 0 Å². The fourth-order valence-electron chi connectivity index (χ4n) is 1.71. The summed E-state index contributed by atoms with van der Waals surface area (Å²) < 4.78 is 23.0. The van der Waals surface area contributed by atoms with Crippen LogP contribution in [0.1, 0.15) is 28.8 Å². The SMILES string of the molecule is Cc1ccc(S(C)(=O)=O)cc1C(=O)NNC(=O)C1CC1. The Hall–Kier alpha value is -1.89. The summed E-state index contributed by atoms with van der Waals surface area (Å²) in [6, 6.07) is 4.32. The number of carbonyl (C=O) groups is 2. The summed E-state index contributed by atoms with van der Waals surface area (Å²) in [6.45, 7) is 1.70. The second kappa shape index (κ2) is 5.24. The lowest BCUT2D eigenvalue weighted by Crippen LogP contribution is -2.42. The maximum absolute atomic E-state index is 12.0. The zero-order valence-corrected chi connectivity index (χ0v) is 12.1. The fraction of sp³-hybridized carbons (Fsp3) is 0.385. The summed E-state index contributed by atoms with van der Waals surface area (Å²) in [5.74, 6) is -0.754. The van der Waals surface area contributed by atoms with Gasteiger partial charge in [0, 0.05) is 17.7 Å². The number of hydrogen-bond acceptors (Lipinski definition) is 4. The molecular weight excluding hydrogens is 280 g/mol. The van der Waals surface area contributed by atoms with Gasteiger partial charge in [0.25, 0.3) is 5.91 Å². The standard InChI is InChI=1S/C13H16N2O4S/c1-8-3-6-10(20(2,18)19)7-11(8)13(17)15-14-12(16)9-4-5-9/h3,6-7,9H,4-5H2,1-2H3,(H,14,16)(H,15,17). The lowest BCUT2D eigenvalue weighted by Gasteiger charge is -2.10. The first-order valence-electron chi connectivity index (χ1n) is 6.20. The van der Waals surface area contributed by atoms with Crippen LogP contribution in [-0.4, -0.2) is 26.5 Å². The van der Waals surface area contributed by atoms with E-state index in [1.54, 1.807) is 13.0 Å². The highest BCUT2D eigenvalue weighted by atomic mass is 32.2. The van der Waals surface area contributed by atoms with Crippen molar-refractivity contribution in [2.45, 2.75) is 24.7 Å². The van der Waals surface area contributed by atoms with Crippen LogP contribution in [0.15, 0.2) is 23.1 Å². The van der Waals surface area contributed by atoms with Crippen molar-refractivity contribution in [3.63, 3.8) is 0 Å². The van der Waals surface area contributed by atoms with Gasteiger partial charge in [-0.05, 0) is 37.5 Å². The number of aryl methyl sites for hydroxylation is 1. The molecular formula is C13H16N2O4S. The average molecular weight is 296 g/mol. The number of rotatable bonds is 3. The molecule has 2 amide bonds. The van der Waals surface area contributed by atoms with Crippen molar-refractivity contribution in [3.05, 3.63) is 29.3 Å². The first-order valence-corrected chi connectivity index (χ1v) is 8.09. The maximum atomic E-state index is 12.0. The van der Waals surface area contributed by atoms with Gasteiger partial charge >= 0.3 is 0 Å². The molecule has 0 unspecified atom stereocenters. The van der Waals surface area contributed by atoms with Gasteiger partial charge in [0.05, 0.1) is 4.90 Å². The van der Waals surface area contributed by atoms with Crippen molar-refractivity contribution < 1.29 is 18.0 Å². The molecule has 20 heavy (non-hydrogen) atoms. The molecule has 0 atom stereocenters. The molecule has 2 N–H and O–H groups in total. The predicted octanol–water partition coefficient (Wildman–Crippen LogP) is 0.570. The molecule has 0 bridgehead atoms. The molecule has 0 aliphatic heterocycles. The van der Waals surface area contributed by atoms with Gasteiger partial charge in [0.2, 0.25) is 5.91 Å². The Labute approximate surface area is 117 Å². The van der Waals surface area contributed by atoms with Crippen LogP contribution in [-0.2, 0) is 14.6 Å². The number of amides is 2. The van der Waals surface area contributed by atoms with Crippen molar-refractivity contribution in [2.75, 3.05) is 6.26 Å². The van der Waals surface area contributed by atoms with Gasteiger partial charge in [-0.1, -0.05) is 6.07 Å². The number of hydrogen-bond donors (Lipinski definition) is 2. The molecule has 0 radical (unpaired) electrons. The minimum absolute atomic E-state index is 0.0150. The van der Waals surface area contributed by atoms with Crippen molar-refractivity contribution in [3.8, 4) is 0 Å². The number of hydrazine groups is 1. The third kappa shape index (κ3) is 3.36. The summed E-state index contributed by atoms with van der Waals surface area (Å²) in [6.07, 6.45) is 2.75. The van der Waals surface area contributed by atoms with E-state index in [0.717, 1.165) is 19.1 Å². The van der Waals surface area contributed by atoms with E-state index in [0.29, 0.717) is 5.56 Å². The van der Waals surface area contributed by atoms with Crippen LogP contribution in [0.3, 0.4) is 0 Å². The molecule has 7 heteroatoms. The van der Waals surface area contributed by atoms with Crippen molar-refractivity contribution in [1.82, 2.24) is 10.9 Å². The first-order chi connectivity index (χ1) is 9.29. The van der Waals surface area contributed by atoms with Crippen LogP contribution in [0, 0.1) is 12.8 Å². The molecule has 0 aromatic heterocycles.